The van der Waals surface area contributed by atoms with Crippen LogP contribution in [0, 0.1) is 0 Å². The Kier molecular flexibility index (Phi) is 7.31. The Morgan fingerprint density at radius 3 is 2.66 bits per heavy atom. The second-order valence-corrected chi connectivity index (χ2v) is 10.6. The number of hydrogen-bond acceptors (Lipinski definition) is 9. The molecule has 0 atom stereocenters. The van der Waals surface area contributed by atoms with Gasteiger partial charge >= 0.3 is 0 Å². The summed E-state index contributed by atoms with van der Waals surface area (Å²) in [5, 5.41) is 3.60. The fourth-order valence-corrected chi connectivity index (χ4v) is 6.20. The average Bonchev–Trinajstić information content (AvgIpc) is 3.32. The summed E-state index contributed by atoms with van der Waals surface area (Å²) in [4.78, 5) is 9.25. The highest BCUT2D eigenvalue weighted by molar-refractivity contribution is 7.98. The van der Waals surface area contributed by atoms with Crippen LogP contribution < -0.4 is 9.47 Å². The van der Waals surface area contributed by atoms with E-state index >= 15 is 0 Å². The molecule has 11 heteroatoms. The molecule has 4 rings (SSSR count). The average molecular weight is 494 g/mol. The third kappa shape index (κ3) is 5.07. The first-order valence-electron chi connectivity index (χ1n) is 9.85. The molecule has 0 unspecified atom stereocenters. The molecule has 3 heterocycles. The van der Waals surface area contributed by atoms with Crippen LogP contribution in [-0.4, -0.2) is 63.2 Å². The van der Waals surface area contributed by atoms with E-state index in [2.05, 4.69) is 4.98 Å². The maximum Gasteiger partial charge on any atom is 0.244 e. The van der Waals surface area contributed by atoms with Crippen LogP contribution >= 0.6 is 23.1 Å². The van der Waals surface area contributed by atoms with E-state index in [0.29, 0.717) is 37.8 Å². The SMILES string of the molecule is COc1ccc(-c2nc(CSc3ccc(S(=O)(=O)N4CCOCC4)cn3)cs2)c(OC)c1. The van der Waals surface area contributed by atoms with Gasteiger partial charge in [-0.1, -0.05) is 0 Å². The number of rotatable bonds is 8. The standard InChI is InChI=1S/C21H23N3O5S3/c1-27-16-3-5-18(19(11-16)28-2)21-23-15(14-31-21)13-30-20-6-4-17(12-22-20)32(25,26)24-7-9-29-10-8-24/h3-6,11-12,14H,7-10,13H2,1-2H3. The van der Waals surface area contributed by atoms with Gasteiger partial charge in [0.05, 0.1) is 43.7 Å². The first kappa shape index (κ1) is 23.0. The fourth-order valence-electron chi connectivity index (χ4n) is 3.16. The lowest BCUT2D eigenvalue weighted by Gasteiger charge is -2.25. The van der Waals surface area contributed by atoms with Crippen LogP contribution in [0.2, 0.25) is 0 Å². The summed E-state index contributed by atoms with van der Waals surface area (Å²) in [6, 6.07) is 8.99. The van der Waals surface area contributed by atoms with E-state index in [4.69, 9.17) is 19.2 Å². The second kappa shape index (κ2) is 10.2. The van der Waals surface area contributed by atoms with Gasteiger partial charge in [-0.2, -0.15) is 4.31 Å². The van der Waals surface area contributed by atoms with Crippen LogP contribution in [0.25, 0.3) is 10.6 Å². The number of thiazole rings is 1. The number of methoxy groups -OCH3 is 2. The van der Waals surface area contributed by atoms with E-state index in [1.165, 1.54) is 22.3 Å². The van der Waals surface area contributed by atoms with Gasteiger partial charge in [0.2, 0.25) is 10.0 Å². The summed E-state index contributed by atoms with van der Waals surface area (Å²) in [7, 11) is -0.296. The number of morpholine rings is 1. The van der Waals surface area contributed by atoms with Crippen LogP contribution in [0.15, 0.2) is 51.8 Å². The molecule has 1 saturated heterocycles. The Balaban J connectivity index is 1.41. The summed E-state index contributed by atoms with van der Waals surface area (Å²) >= 11 is 3.05. The first-order valence-corrected chi connectivity index (χ1v) is 13.2. The molecule has 0 aliphatic carbocycles. The minimum Gasteiger partial charge on any atom is -0.497 e. The van der Waals surface area contributed by atoms with Crippen molar-refractivity contribution in [3.63, 3.8) is 0 Å². The van der Waals surface area contributed by atoms with Gasteiger partial charge in [-0.25, -0.2) is 18.4 Å². The number of benzene rings is 1. The van der Waals surface area contributed by atoms with Gasteiger partial charge in [-0.05, 0) is 24.3 Å². The van der Waals surface area contributed by atoms with Gasteiger partial charge in [0.25, 0.3) is 0 Å². The smallest absolute Gasteiger partial charge is 0.244 e. The Morgan fingerprint density at radius 1 is 1.16 bits per heavy atom. The number of ether oxygens (including phenoxy) is 3. The van der Waals surface area contributed by atoms with Crippen molar-refractivity contribution in [2.75, 3.05) is 40.5 Å². The predicted molar refractivity (Wildman–Crippen MR) is 124 cm³/mol. The molecule has 170 valence electrons. The van der Waals surface area contributed by atoms with Gasteiger partial charge in [0, 0.05) is 36.5 Å². The molecule has 0 spiro atoms. The highest BCUT2D eigenvalue weighted by Gasteiger charge is 2.26. The Morgan fingerprint density at radius 2 is 1.97 bits per heavy atom. The van der Waals surface area contributed by atoms with Gasteiger partial charge in [0.1, 0.15) is 21.4 Å². The van der Waals surface area contributed by atoms with Crippen LogP contribution in [0.4, 0.5) is 0 Å². The molecule has 0 amide bonds. The van der Waals surface area contributed by atoms with Gasteiger partial charge in [0.15, 0.2) is 0 Å². The monoisotopic (exact) mass is 493 g/mol. The van der Waals surface area contributed by atoms with Crippen molar-refractivity contribution in [3.05, 3.63) is 47.6 Å². The number of nitrogens with zero attached hydrogens (tertiary/aromatic N) is 3. The topological polar surface area (TPSA) is 90.9 Å². The number of sulfonamides is 1. The summed E-state index contributed by atoms with van der Waals surface area (Å²) in [5.74, 6) is 2.05. The van der Waals surface area contributed by atoms with Crippen molar-refractivity contribution < 1.29 is 22.6 Å². The molecular formula is C21H23N3O5S3. The van der Waals surface area contributed by atoms with Crippen molar-refractivity contribution in [3.8, 4) is 22.1 Å². The lowest BCUT2D eigenvalue weighted by molar-refractivity contribution is 0.0730. The van der Waals surface area contributed by atoms with Crippen molar-refractivity contribution in [1.29, 1.82) is 0 Å². The summed E-state index contributed by atoms with van der Waals surface area (Å²) < 4.78 is 42.8. The van der Waals surface area contributed by atoms with Crippen LogP contribution in [-0.2, 0) is 20.5 Å². The van der Waals surface area contributed by atoms with E-state index in [0.717, 1.165) is 27.0 Å². The zero-order valence-corrected chi connectivity index (χ0v) is 20.1. The van der Waals surface area contributed by atoms with Gasteiger partial charge in [-0.3, -0.25) is 0 Å². The molecule has 0 bridgehead atoms. The van der Waals surface area contributed by atoms with Gasteiger partial charge < -0.3 is 14.2 Å². The molecule has 2 aromatic heterocycles. The maximum atomic E-state index is 12.7. The predicted octanol–water partition coefficient (Wildman–Crippen LogP) is 3.54. The third-order valence-corrected chi connectivity index (χ3v) is 8.66. The quantitative estimate of drug-likeness (QED) is 0.440. The fraction of sp³-hybridized carbons (Fsp3) is 0.333. The Bertz CT molecular complexity index is 1160. The summed E-state index contributed by atoms with van der Waals surface area (Å²) in [6.07, 6.45) is 1.42. The number of aromatic nitrogens is 2. The number of pyridine rings is 1. The van der Waals surface area contributed by atoms with Crippen molar-refractivity contribution in [1.82, 2.24) is 14.3 Å². The highest BCUT2D eigenvalue weighted by atomic mass is 32.2. The molecule has 1 fully saturated rings. The van der Waals surface area contributed by atoms with Crippen molar-refractivity contribution in [2.45, 2.75) is 15.7 Å². The molecule has 0 radical (unpaired) electrons. The zero-order chi connectivity index (χ0) is 22.6. The Hall–Kier alpha value is -2.18. The summed E-state index contributed by atoms with van der Waals surface area (Å²) in [5.41, 5.74) is 1.82. The van der Waals surface area contributed by atoms with E-state index < -0.39 is 10.0 Å². The number of thioether (sulfide) groups is 1. The van der Waals surface area contributed by atoms with E-state index in [-0.39, 0.29) is 4.90 Å². The molecule has 1 aliphatic heterocycles. The molecule has 1 aromatic carbocycles. The molecule has 32 heavy (non-hydrogen) atoms. The molecule has 3 aromatic rings. The van der Waals surface area contributed by atoms with E-state index in [1.54, 1.807) is 37.7 Å². The summed E-state index contributed by atoms with van der Waals surface area (Å²) in [6.45, 7) is 1.56. The van der Waals surface area contributed by atoms with Crippen LogP contribution in [0.5, 0.6) is 11.5 Å². The van der Waals surface area contributed by atoms with E-state index in [1.807, 2.05) is 23.6 Å². The van der Waals surface area contributed by atoms with Crippen LogP contribution in [0.1, 0.15) is 5.69 Å². The lowest BCUT2D eigenvalue weighted by Crippen LogP contribution is -2.40. The third-order valence-electron chi connectivity index (χ3n) is 4.88. The highest BCUT2D eigenvalue weighted by Crippen LogP contribution is 2.36. The molecular weight excluding hydrogens is 470 g/mol. The van der Waals surface area contributed by atoms with Crippen molar-refractivity contribution in [2.24, 2.45) is 0 Å². The minimum absolute atomic E-state index is 0.200. The van der Waals surface area contributed by atoms with E-state index in [9.17, 15) is 8.42 Å². The molecule has 0 N–H and O–H groups in total. The molecule has 1 aliphatic rings. The van der Waals surface area contributed by atoms with Crippen LogP contribution in [0.3, 0.4) is 0 Å². The second-order valence-electron chi connectivity index (χ2n) is 6.85. The number of hydrogen-bond donors (Lipinski definition) is 0. The lowest BCUT2D eigenvalue weighted by atomic mass is 10.2. The largest absolute Gasteiger partial charge is 0.497 e. The Labute approximate surface area is 195 Å². The minimum atomic E-state index is -3.53. The zero-order valence-electron chi connectivity index (χ0n) is 17.7. The maximum absolute atomic E-state index is 12.7. The molecule has 8 nitrogen and oxygen atoms in total. The van der Waals surface area contributed by atoms with Gasteiger partial charge in [-0.15, -0.1) is 23.1 Å². The molecule has 0 saturated carbocycles. The van der Waals surface area contributed by atoms with Crippen molar-refractivity contribution >= 4 is 33.1 Å². The first-order chi connectivity index (χ1) is 15.5. The normalized spacial score (nSPS) is 14.9.